The van der Waals surface area contributed by atoms with Crippen LogP contribution in [0.4, 0.5) is 11.4 Å². The van der Waals surface area contributed by atoms with Gasteiger partial charge < -0.3 is 9.80 Å². The molecule has 7 heteroatoms. The zero-order chi connectivity index (χ0) is 22.1. The topological polar surface area (TPSA) is 74.8 Å². The van der Waals surface area contributed by atoms with Crippen molar-refractivity contribution in [2.24, 2.45) is 0 Å². The van der Waals surface area contributed by atoms with E-state index in [1.165, 1.54) is 13.0 Å². The van der Waals surface area contributed by atoms with E-state index >= 15 is 0 Å². The highest BCUT2D eigenvalue weighted by Gasteiger charge is 2.30. The third kappa shape index (κ3) is 4.26. The Morgan fingerprint density at radius 1 is 1.17 bits per heavy atom. The zero-order valence-electron chi connectivity index (χ0n) is 17.9. The van der Waals surface area contributed by atoms with Crippen LogP contribution < -0.4 is 9.80 Å². The molecule has 0 radical (unpaired) electrons. The molecule has 0 aliphatic carbocycles. The van der Waals surface area contributed by atoms with E-state index in [4.69, 9.17) is 0 Å². The number of amides is 2. The Morgan fingerprint density at radius 3 is 2.53 bits per heavy atom. The molecule has 0 bridgehead atoms. The lowest BCUT2D eigenvalue weighted by molar-refractivity contribution is -0.118. The normalized spacial score (nSPS) is 14.3. The lowest BCUT2D eigenvalue weighted by atomic mass is 10.2. The van der Waals surface area contributed by atoms with Crippen molar-refractivity contribution in [3.05, 3.63) is 53.6 Å². The minimum absolute atomic E-state index is 0.0564. The molecule has 1 aliphatic rings. The molecule has 2 amide bonds. The second-order valence-corrected chi connectivity index (χ2v) is 10.1. The summed E-state index contributed by atoms with van der Waals surface area (Å²) in [6.45, 7) is 7.93. The standard InChI is InChI=1S/C23H28N2O4S/c1-5-24(20-8-6-7-16(2)13-20)23(27)14-17(3)30(28,29)21-9-10-22-19(15-21)11-12-25(22)18(4)26/h6-10,13,15,17H,5,11-12,14H2,1-4H3/t17-/m1/s1. The second-order valence-electron chi connectivity index (χ2n) is 7.75. The largest absolute Gasteiger partial charge is 0.313 e. The Kier molecular flexibility index (Phi) is 6.31. The fourth-order valence-electron chi connectivity index (χ4n) is 3.88. The third-order valence-corrected chi connectivity index (χ3v) is 7.71. The highest BCUT2D eigenvalue weighted by Crippen LogP contribution is 2.32. The molecule has 0 saturated carbocycles. The minimum atomic E-state index is -3.68. The summed E-state index contributed by atoms with van der Waals surface area (Å²) >= 11 is 0. The average molecular weight is 429 g/mol. The summed E-state index contributed by atoms with van der Waals surface area (Å²) in [5.41, 5.74) is 3.42. The van der Waals surface area contributed by atoms with E-state index in [1.54, 1.807) is 28.9 Å². The third-order valence-electron chi connectivity index (χ3n) is 5.58. The van der Waals surface area contributed by atoms with E-state index in [-0.39, 0.29) is 23.1 Å². The van der Waals surface area contributed by atoms with E-state index in [1.807, 2.05) is 38.1 Å². The number of fused-ring (bicyclic) bond motifs is 1. The molecule has 0 N–H and O–H groups in total. The van der Waals surface area contributed by atoms with Crippen LogP contribution in [0.5, 0.6) is 0 Å². The van der Waals surface area contributed by atoms with Crippen LogP contribution in [-0.2, 0) is 25.8 Å². The van der Waals surface area contributed by atoms with E-state index in [9.17, 15) is 18.0 Å². The van der Waals surface area contributed by atoms with Gasteiger partial charge in [-0.2, -0.15) is 0 Å². The summed E-state index contributed by atoms with van der Waals surface area (Å²) in [5, 5.41) is -0.854. The number of carbonyl (C=O) groups is 2. The Balaban J connectivity index is 1.80. The van der Waals surface area contributed by atoms with Crippen molar-refractivity contribution < 1.29 is 18.0 Å². The van der Waals surface area contributed by atoms with Crippen LogP contribution in [0.25, 0.3) is 0 Å². The zero-order valence-corrected chi connectivity index (χ0v) is 18.7. The number of benzene rings is 2. The Hall–Kier alpha value is -2.67. The molecule has 0 saturated heterocycles. The molecule has 6 nitrogen and oxygen atoms in total. The van der Waals surface area contributed by atoms with Gasteiger partial charge in [-0.15, -0.1) is 0 Å². The van der Waals surface area contributed by atoms with Crippen molar-refractivity contribution in [3.8, 4) is 0 Å². The summed E-state index contributed by atoms with van der Waals surface area (Å²) in [7, 11) is -3.68. The van der Waals surface area contributed by atoms with E-state index < -0.39 is 15.1 Å². The van der Waals surface area contributed by atoms with E-state index in [0.29, 0.717) is 19.5 Å². The number of hydrogen-bond donors (Lipinski definition) is 0. The van der Waals surface area contributed by atoms with Gasteiger partial charge in [-0.1, -0.05) is 12.1 Å². The lowest BCUT2D eigenvalue weighted by Gasteiger charge is -2.23. The molecular formula is C23H28N2O4S. The highest BCUT2D eigenvalue weighted by atomic mass is 32.2. The molecule has 0 spiro atoms. The smallest absolute Gasteiger partial charge is 0.228 e. The predicted octanol–water partition coefficient (Wildman–Crippen LogP) is 3.51. The maximum Gasteiger partial charge on any atom is 0.228 e. The Morgan fingerprint density at radius 2 is 1.90 bits per heavy atom. The van der Waals surface area contributed by atoms with Gasteiger partial charge in [-0.25, -0.2) is 8.42 Å². The predicted molar refractivity (Wildman–Crippen MR) is 119 cm³/mol. The molecule has 160 valence electrons. The molecule has 30 heavy (non-hydrogen) atoms. The number of sulfone groups is 1. The summed E-state index contributed by atoms with van der Waals surface area (Å²) in [6, 6.07) is 12.5. The van der Waals surface area contributed by atoms with Gasteiger partial charge in [0.25, 0.3) is 0 Å². The summed E-state index contributed by atoms with van der Waals surface area (Å²) in [6.07, 6.45) is 0.531. The molecule has 0 aromatic heterocycles. The lowest BCUT2D eigenvalue weighted by Crippen LogP contribution is -2.34. The van der Waals surface area contributed by atoms with Crippen molar-refractivity contribution in [1.29, 1.82) is 0 Å². The highest BCUT2D eigenvalue weighted by molar-refractivity contribution is 7.92. The van der Waals surface area contributed by atoms with Gasteiger partial charge >= 0.3 is 0 Å². The molecule has 0 unspecified atom stereocenters. The molecule has 1 heterocycles. The van der Waals surface area contributed by atoms with Crippen LogP contribution in [0.2, 0.25) is 0 Å². The van der Waals surface area contributed by atoms with Crippen molar-refractivity contribution in [1.82, 2.24) is 0 Å². The van der Waals surface area contributed by atoms with Gasteiger partial charge in [0.2, 0.25) is 11.8 Å². The molecule has 1 aliphatic heterocycles. The SMILES string of the molecule is CCN(C(=O)C[C@@H](C)S(=O)(=O)c1ccc2c(c1)CCN2C(C)=O)c1cccc(C)c1. The molecule has 2 aromatic carbocycles. The number of aryl methyl sites for hydroxylation is 1. The fourth-order valence-corrected chi connectivity index (χ4v) is 5.27. The number of carbonyl (C=O) groups excluding carboxylic acids is 2. The van der Waals surface area contributed by atoms with Gasteiger partial charge in [0.15, 0.2) is 9.84 Å². The monoisotopic (exact) mass is 428 g/mol. The van der Waals surface area contributed by atoms with Crippen LogP contribution in [0.1, 0.15) is 38.3 Å². The number of hydrogen-bond acceptors (Lipinski definition) is 4. The van der Waals surface area contributed by atoms with Crippen LogP contribution >= 0.6 is 0 Å². The van der Waals surface area contributed by atoms with Gasteiger partial charge in [0.05, 0.1) is 10.1 Å². The van der Waals surface area contributed by atoms with E-state index in [0.717, 1.165) is 22.5 Å². The quantitative estimate of drug-likeness (QED) is 0.706. The first kappa shape index (κ1) is 22.0. The van der Waals surface area contributed by atoms with Crippen molar-refractivity contribution in [3.63, 3.8) is 0 Å². The van der Waals surface area contributed by atoms with Crippen LogP contribution in [0.3, 0.4) is 0 Å². The Bertz CT molecular complexity index is 1080. The molecule has 2 aromatic rings. The number of nitrogens with zero attached hydrogens (tertiary/aromatic N) is 2. The fraction of sp³-hybridized carbons (Fsp3) is 0.391. The summed E-state index contributed by atoms with van der Waals surface area (Å²) in [4.78, 5) is 28.1. The van der Waals surface area contributed by atoms with Gasteiger partial charge in [-0.05, 0) is 68.7 Å². The van der Waals surface area contributed by atoms with Crippen molar-refractivity contribution in [2.45, 2.75) is 50.7 Å². The van der Waals surface area contributed by atoms with E-state index in [2.05, 4.69) is 0 Å². The first-order chi connectivity index (χ1) is 14.1. The number of rotatable bonds is 6. The van der Waals surface area contributed by atoms with Crippen molar-refractivity contribution in [2.75, 3.05) is 22.9 Å². The molecule has 3 rings (SSSR count). The minimum Gasteiger partial charge on any atom is -0.313 e. The van der Waals surface area contributed by atoms with Gasteiger partial charge in [0, 0.05) is 37.8 Å². The molecular weight excluding hydrogens is 400 g/mol. The van der Waals surface area contributed by atoms with Crippen LogP contribution in [-0.4, -0.2) is 38.6 Å². The number of anilines is 2. The van der Waals surface area contributed by atoms with Crippen LogP contribution in [0.15, 0.2) is 47.4 Å². The first-order valence-corrected chi connectivity index (χ1v) is 11.7. The second kappa shape index (κ2) is 8.60. The van der Waals surface area contributed by atoms with Crippen LogP contribution in [0, 0.1) is 6.92 Å². The van der Waals surface area contributed by atoms with Crippen molar-refractivity contribution >= 4 is 33.0 Å². The molecule has 0 fully saturated rings. The Labute approximate surface area is 178 Å². The maximum absolute atomic E-state index is 13.1. The molecule has 1 atom stereocenters. The first-order valence-electron chi connectivity index (χ1n) is 10.2. The maximum atomic E-state index is 13.1. The summed E-state index contributed by atoms with van der Waals surface area (Å²) in [5.74, 6) is -0.276. The average Bonchev–Trinajstić information content (AvgIpc) is 3.12. The summed E-state index contributed by atoms with van der Waals surface area (Å²) < 4.78 is 26.3. The van der Waals surface area contributed by atoms with Gasteiger partial charge in [-0.3, -0.25) is 9.59 Å². The van der Waals surface area contributed by atoms with Gasteiger partial charge in [0.1, 0.15) is 0 Å².